The Morgan fingerprint density at radius 3 is 2.21 bits per heavy atom. The molecule has 0 fully saturated rings. The molecule has 0 aliphatic rings. The number of likely N-dealkylation sites (N-methyl/N-ethyl adjacent to an activating group) is 1. The van der Waals surface area contributed by atoms with Gasteiger partial charge in [-0.2, -0.15) is 0 Å². The number of aromatic hydroxyl groups is 2. The number of hydrogen-bond donors (Lipinski definition) is 3. The lowest BCUT2D eigenvalue weighted by molar-refractivity contribution is 0.315. The molecule has 24 heavy (non-hydrogen) atoms. The summed E-state index contributed by atoms with van der Waals surface area (Å²) in [5, 5.41) is 23.6. The number of nitrogens with one attached hydrogen (secondary N) is 1. The zero-order valence-corrected chi connectivity index (χ0v) is 15.9. The summed E-state index contributed by atoms with van der Waals surface area (Å²) in [5.74, 6) is 0.293. The molecule has 0 saturated carbocycles. The number of nitrogens with zero attached hydrogens (tertiary/aromatic N) is 2. The average Bonchev–Trinajstić information content (AvgIpc) is 2.85. The summed E-state index contributed by atoms with van der Waals surface area (Å²) in [6.07, 6.45) is 8.56. The highest BCUT2D eigenvalue weighted by molar-refractivity contribution is 5.57. The molecule has 0 saturated heterocycles. The van der Waals surface area contributed by atoms with Crippen molar-refractivity contribution in [2.75, 3.05) is 31.5 Å². The first-order chi connectivity index (χ1) is 11.6. The van der Waals surface area contributed by atoms with Gasteiger partial charge < -0.3 is 20.4 Å². The summed E-state index contributed by atoms with van der Waals surface area (Å²) < 4.78 is 1.60. The van der Waals surface area contributed by atoms with E-state index in [-0.39, 0.29) is 11.8 Å². The molecule has 0 aliphatic heterocycles. The second-order valence-electron chi connectivity index (χ2n) is 6.47. The van der Waals surface area contributed by atoms with Crippen LogP contribution in [0.3, 0.4) is 0 Å². The normalized spacial score (nSPS) is 11.3. The molecule has 1 aromatic heterocycles. The SMILES string of the molecule is CCCCCCCCCn1c(O)cc(NCCN(CC)CC)c1O. The second kappa shape index (κ2) is 12.1. The van der Waals surface area contributed by atoms with E-state index in [2.05, 4.69) is 31.0 Å². The Kier molecular flexibility index (Phi) is 10.4. The van der Waals surface area contributed by atoms with Crippen LogP contribution in [0.2, 0.25) is 0 Å². The van der Waals surface area contributed by atoms with Gasteiger partial charge in [0, 0.05) is 25.7 Å². The molecular formula is C19H37N3O2. The highest BCUT2D eigenvalue weighted by atomic mass is 16.3. The summed E-state index contributed by atoms with van der Waals surface area (Å²) in [5.41, 5.74) is 0.627. The molecule has 0 radical (unpaired) electrons. The number of anilines is 1. The number of aromatic nitrogens is 1. The largest absolute Gasteiger partial charge is 0.494 e. The van der Waals surface area contributed by atoms with Crippen molar-refractivity contribution in [1.82, 2.24) is 9.47 Å². The Bertz CT molecular complexity index is 442. The zero-order valence-electron chi connectivity index (χ0n) is 15.9. The molecule has 0 aliphatic carbocycles. The summed E-state index contributed by atoms with van der Waals surface area (Å²) in [6.45, 7) is 10.9. The number of hydrogen-bond acceptors (Lipinski definition) is 4. The fourth-order valence-electron chi connectivity index (χ4n) is 2.99. The van der Waals surface area contributed by atoms with Crippen molar-refractivity contribution in [1.29, 1.82) is 0 Å². The van der Waals surface area contributed by atoms with Crippen LogP contribution in [0.15, 0.2) is 6.07 Å². The maximum absolute atomic E-state index is 10.3. The Labute approximate surface area is 147 Å². The molecule has 140 valence electrons. The first-order valence-corrected chi connectivity index (χ1v) is 9.71. The van der Waals surface area contributed by atoms with Gasteiger partial charge in [-0.15, -0.1) is 0 Å². The molecule has 3 N–H and O–H groups in total. The van der Waals surface area contributed by atoms with Gasteiger partial charge in [0.2, 0.25) is 5.88 Å². The molecule has 0 unspecified atom stereocenters. The zero-order chi connectivity index (χ0) is 17.8. The minimum atomic E-state index is 0.142. The highest BCUT2D eigenvalue weighted by Gasteiger charge is 2.13. The van der Waals surface area contributed by atoms with E-state index in [0.29, 0.717) is 12.2 Å². The molecule has 0 bridgehead atoms. The fourth-order valence-corrected chi connectivity index (χ4v) is 2.99. The van der Waals surface area contributed by atoms with E-state index in [1.807, 2.05) is 0 Å². The van der Waals surface area contributed by atoms with Gasteiger partial charge in [-0.05, 0) is 19.5 Å². The van der Waals surface area contributed by atoms with Gasteiger partial charge in [-0.3, -0.25) is 4.57 Å². The highest BCUT2D eigenvalue weighted by Crippen LogP contribution is 2.32. The maximum atomic E-state index is 10.3. The van der Waals surface area contributed by atoms with Crippen molar-refractivity contribution in [2.24, 2.45) is 0 Å². The topological polar surface area (TPSA) is 60.7 Å². The Balaban J connectivity index is 2.34. The van der Waals surface area contributed by atoms with Gasteiger partial charge in [0.1, 0.15) is 5.69 Å². The smallest absolute Gasteiger partial charge is 0.218 e. The summed E-state index contributed by atoms with van der Waals surface area (Å²) in [6, 6.07) is 1.62. The van der Waals surface area contributed by atoms with E-state index < -0.39 is 0 Å². The Morgan fingerprint density at radius 2 is 1.58 bits per heavy atom. The average molecular weight is 340 g/mol. The van der Waals surface area contributed by atoms with Gasteiger partial charge >= 0.3 is 0 Å². The van der Waals surface area contributed by atoms with E-state index in [1.54, 1.807) is 10.6 Å². The minimum absolute atomic E-state index is 0.142. The standard InChI is InChI=1S/C19H37N3O2/c1-4-7-8-9-10-11-12-14-22-18(23)16-17(19(22)24)20-13-15-21(5-2)6-3/h16,20,23-24H,4-15H2,1-3H3. The predicted molar refractivity (Wildman–Crippen MR) is 102 cm³/mol. The lowest BCUT2D eigenvalue weighted by Gasteiger charge is -2.18. The monoisotopic (exact) mass is 339 g/mol. The lowest BCUT2D eigenvalue weighted by Crippen LogP contribution is -2.28. The van der Waals surface area contributed by atoms with Crippen molar-refractivity contribution < 1.29 is 10.2 Å². The van der Waals surface area contributed by atoms with Crippen LogP contribution in [0.5, 0.6) is 11.8 Å². The number of unbranched alkanes of at least 4 members (excludes halogenated alkanes) is 6. The molecule has 5 heteroatoms. The Morgan fingerprint density at radius 1 is 0.958 bits per heavy atom. The van der Waals surface area contributed by atoms with Crippen LogP contribution in [0, 0.1) is 0 Å². The van der Waals surface area contributed by atoms with Crippen LogP contribution in [0.25, 0.3) is 0 Å². The third-order valence-electron chi connectivity index (χ3n) is 4.67. The van der Waals surface area contributed by atoms with Gasteiger partial charge in [0.05, 0.1) is 0 Å². The van der Waals surface area contributed by atoms with Crippen LogP contribution in [-0.4, -0.2) is 45.9 Å². The fraction of sp³-hybridized carbons (Fsp3) is 0.789. The van der Waals surface area contributed by atoms with Crippen LogP contribution in [0.1, 0.15) is 65.7 Å². The van der Waals surface area contributed by atoms with Crippen LogP contribution >= 0.6 is 0 Å². The van der Waals surface area contributed by atoms with Crippen molar-refractivity contribution in [3.63, 3.8) is 0 Å². The molecule has 1 heterocycles. The van der Waals surface area contributed by atoms with Crippen LogP contribution < -0.4 is 5.32 Å². The molecular weight excluding hydrogens is 302 g/mol. The maximum Gasteiger partial charge on any atom is 0.218 e. The van der Waals surface area contributed by atoms with Gasteiger partial charge in [-0.25, -0.2) is 0 Å². The van der Waals surface area contributed by atoms with Crippen LogP contribution in [-0.2, 0) is 6.54 Å². The van der Waals surface area contributed by atoms with Crippen molar-refractivity contribution >= 4 is 5.69 Å². The van der Waals surface area contributed by atoms with E-state index in [1.165, 1.54) is 32.1 Å². The molecule has 5 nitrogen and oxygen atoms in total. The quantitative estimate of drug-likeness (QED) is 0.440. The molecule has 0 atom stereocenters. The number of rotatable bonds is 14. The van der Waals surface area contributed by atoms with E-state index in [9.17, 15) is 10.2 Å². The molecule has 0 spiro atoms. The minimum Gasteiger partial charge on any atom is -0.494 e. The summed E-state index contributed by atoms with van der Waals surface area (Å²) in [4.78, 5) is 2.32. The van der Waals surface area contributed by atoms with Crippen LogP contribution in [0.4, 0.5) is 5.69 Å². The van der Waals surface area contributed by atoms with E-state index >= 15 is 0 Å². The van der Waals surface area contributed by atoms with Crippen molar-refractivity contribution in [3.05, 3.63) is 6.07 Å². The first kappa shape index (κ1) is 20.7. The van der Waals surface area contributed by atoms with Gasteiger partial charge in [0.25, 0.3) is 0 Å². The first-order valence-electron chi connectivity index (χ1n) is 9.71. The predicted octanol–water partition coefficient (Wildman–Crippen LogP) is 4.40. The molecule has 0 amide bonds. The van der Waals surface area contributed by atoms with E-state index in [4.69, 9.17) is 0 Å². The molecule has 1 aromatic rings. The van der Waals surface area contributed by atoms with Gasteiger partial charge in [0.15, 0.2) is 5.88 Å². The summed E-state index contributed by atoms with van der Waals surface area (Å²) in [7, 11) is 0. The lowest BCUT2D eigenvalue weighted by atomic mass is 10.1. The van der Waals surface area contributed by atoms with E-state index in [0.717, 1.165) is 39.0 Å². The van der Waals surface area contributed by atoms with Gasteiger partial charge in [-0.1, -0.05) is 59.3 Å². The Hall–Kier alpha value is -1.36. The summed E-state index contributed by atoms with van der Waals surface area (Å²) >= 11 is 0. The van der Waals surface area contributed by atoms with Crippen molar-refractivity contribution in [3.8, 4) is 11.8 Å². The third-order valence-corrected chi connectivity index (χ3v) is 4.67. The third kappa shape index (κ3) is 7.04. The molecule has 0 aromatic carbocycles. The van der Waals surface area contributed by atoms with Crippen molar-refractivity contribution in [2.45, 2.75) is 72.3 Å². The second-order valence-corrected chi connectivity index (χ2v) is 6.47. The molecule has 1 rings (SSSR count).